The van der Waals surface area contributed by atoms with E-state index in [1.165, 1.54) is 12.1 Å². The third-order valence-corrected chi connectivity index (χ3v) is 7.95. The van der Waals surface area contributed by atoms with Gasteiger partial charge in [0.15, 0.2) is 0 Å². The molecule has 4 unspecified atom stereocenters. The maximum atomic E-state index is 13.2. The highest BCUT2D eigenvalue weighted by Crippen LogP contribution is 2.56. The van der Waals surface area contributed by atoms with Crippen molar-refractivity contribution in [2.45, 2.75) is 52.4 Å². The van der Waals surface area contributed by atoms with Crippen molar-refractivity contribution >= 4 is 13.3 Å². The molecular weight excluding hydrogens is 328 g/mol. The van der Waals surface area contributed by atoms with Crippen LogP contribution >= 0.6 is 7.37 Å². The monoisotopic (exact) mass is 355 g/mol. The number of benzene rings is 1. The summed E-state index contributed by atoms with van der Waals surface area (Å²) in [6, 6.07) is 6.21. The molecule has 4 atom stereocenters. The van der Waals surface area contributed by atoms with Crippen LogP contribution in [0.15, 0.2) is 24.3 Å². The molecule has 0 N–H and O–H groups in total. The molecule has 1 saturated heterocycles. The fraction of sp³-hybridized carbons (Fsp3) is 0.611. The molecule has 0 spiro atoms. The highest BCUT2D eigenvalue weighted by molar-refractivity contribution is 7.60. The molecule has 24 heavy (non-hydrogen) atoms. The number of likely N-dealkylation sites (tertiary alicyclic amines) is 1. The molecule has 0 aromatic heterocycles. The van der Waals surface area contributed by atoms with Crippen LogP contribution in [0.3, 0.4) is 0 Å². The lowest BCUT2D eigenvalue weighted by atomic mass is 9.91. The minimum Gasteiger partial charge on any atom is -0.335 e. The van der Waals surface area contributed by atoms with Gasteiger partial charge in [-0.3, -0.25) is 9.36 Å². The van der Waals surface area contributed by atoms with Gasteiger partial charge < -0.3 is 9.42 Å². The lowest BCUT2D eigenvalue weighted by Crippen LogP contribution is -2.52. The largest absolute Gasteiger partial charge is 0.335 e. The van der Waals surface area contributed by atoms with Crippen molar-refractivity contribution in [3.05, 3.63) is 35.6 Å². The Hall–Kier alpha value is -1.19. The normalized spacial score (nSPS) is 27.1. The first-order valence-corrected chi connectivity index (χ1v) is 10.5. The summed E-state index contributed by atoms with van der Waals surface area (Å²) in [5, 5.41) is 0. The molecule has 0 saturated carbocycles. The molecular formula is C18H27FNO3P. The van der Waals surface area contributed by atoms with Gasteiger partial charge in [-0.15, -0.1) is 0 Å². The van der Waals surface area contributed by atoms with Gasteiger partial charge in [-0.25, -0.2) is 4.39 Å². The number of amides is 1. The maximum Gasteiger partial charge on any atom is 0.236 e. The summed E-state index contributed by atoms with van der Waals surface area (Å²) in [5.74, 6) is -0.381. The second kappa shape index (κ2) is 7.79. The van der Waals surface area contributed by atoms with Gasteiger partial charge in [-0.2, -0.15) is 0 Å². The van der Waals surface area contributed by atoms with Gasteiger partial charge in [0.2, 0.25) is 13.3 Å². The Morgan fingerprint density at radius 2 is 1.88 bits per heavy atom. The first-order chi connectivity index (χ1) is 11.3. The fourth-order valence-electron chi connectivity index (χ4n) is 3.59. The average Bonchev–Trinajstić information content (AvgIpc) is 2.53. The Kier molecular flexibility index (Phi) is 6.22. The minimum absolute atomic E-state index is 0.0225. The molecule has 1 aliphatic rings. The summed E-state index contributed by atoms with van der Waals surface area (Å²) < 4.78 is 31.8. The van der Waals surface area contributed by atoms with Crippen molar-refractivity contribution < 1.29 is 18.3 Å². The number of hydrogen-bond donors (Lipinski definition) is 0. The fourth-order valence-corrected chi connectivity index (χ4v) is 6.14. The summed E-state index contributed by atoms with van der Waals surface area (Å²) >= 11 is 0. The molecule has 1 aliphatic heterocycles. The van der Waals surface area contributed by atoms with Crippen LogP contribution in [-0.4, -0.2) is 35.3 Å². The van der Waals surface area contributed by atoms with Crippen molar-refractivity contribution in [2.75, 3.05) is 12.8 Å². The Labute approximate surface area is 143 Å². The van der Waals surface area contributed by atoms with Crippen LogP contribution in [0.25, 0.3) is 0 Å². The predicted octanol–water partition coefficient (Wildman–Crippen LogP) is 4.29. The highest BCUT2D eigenvalue weighted by Gasteiger charge is 2.48. The third kappa shape index (κ3) is 3.89. The van der Waals surface area contributed by atoms with Crippen molar-refractivity contribution in [3.8, 4) is 0 Å². The van der Waals surface area contributed by atoms with E-state index >= 15 is 0 Å². The topological polar surface area (TPSA) is 46.6 Å². The van der Waals surface area contributed by atoms with Crippen LogP contribution in [0, 0.1) is 11.7 Å². The second-order valence-corrected chi connectivity index (χ2v) is 9.46. The summed E-state index contributed by atoms with van der Waals surface area (Å²) in [4.78, 5) is 14.9. The highest BCUT2D eigenvalue weighted by atomic mass is 31.2. The molecule has 6 heteroatoms. The number of rotatable bonds is 6. The van der Waals surface area contributed by atoms with Crippen LogP contribution in [-0.2, 0) is 20.4 Å². The number of nitrogens with zero attached hydrogens (tertiary/aromatic N) is 1. The van der Waals surface area contributed by atoms with Crippen LogP contribution in [0.1, 0.15) is 39.7 Å². The Morgan fingerprint density at radius 3 is 2.42 bits per heavy atom. The number of carbonyl (C=O) groups is 1. The summed E-state index contributed by atoms with van der Waals surface area (Å²) in [6.45, 7) is 8.35. The first kappa shape index (κ1) is 19.1. The van der Waals surface area contributed by atoms with Crippen LogP contribution in [0.2, 0.25) is 0 Å². The predicted molar refractivity (Wildman–Crippen MR) is 93.8 cm³/mol. The Balaban J connectivity index is 2.27. The molecule has 0 bridgehead atoms. The molecule has 134 valence electrons. The number of halogens is 1. The molecule has 1 fully saturated rings. The summed E-state index contributed by atoms with van der Waals surface area (Å²) in [6.07, 6.45) is 1.15. The molecule has 2 rings (SSSR count). The average molecular weight is 355 g/mol. The van der Waals surface area contributed by atoms with E-state index in [1.54, 1.807) is 24.0 Å². The van der Waals surface area contributed by atoms with E-state index in [0.29, 0.717) is 19.3 Å². The van der Waals surface area contributed by atoms with Gasteiger partial charge in [-0.05, 0) is 43.9 Å². The van der Waals surface area contributed by atoms with Gasteiger partial charge in [0.25, 0.3) is 0 Å². The SMILES string of the molecule is CCOP(=O)(CC)C1C(=O)N(Cc2ccc(F)cc2)C(C)CC1C. The van der Waals surface area contributed by atoms with Crippen molar-refractivity contribution in [1.82, 2.24) is 4.90 Å². The third-order valence-electron chi connectivity index (χ3n) is 4.80. The quantitative estimate of drug-likeness (QED) is 0.716. The first-order valence-electron chi connectivity index (χ1n) is 8.60. The van der Waals surface area contributed by atoms with Crippen molar-refractivity contribution in [3.63, 3.8) is 0 Å². The molecule has 1 aromatic carbocycles. The summed E-state index contributed by atoms with van der Waals surface area (Å²) in [5.41, 5.74) is 0.284. The zero-order valence-corrected chi connectivity index (χ0v) is 15.8. The number of piperidine rings is 1. The zero-order chi connectivity index (χ0) is 17.9. The van der Waals surface area contributed by atoms with Crippen molar-refractivity contribution in [2.24, 2.45) is 5.92 Å². The second-order valence-electron chi connectivity index (χ2n) is 6.56. The van der Waals surface area contributed by atoms with Crippen LogP contribution < -0.4 is 0 Å². The molecule has 0 radical (unpaired) electrons. The Morgan fingerprint density at radius 1 is 1.25 bits per heavy atom. The van der Waals surface area contributed by atoms with E-state index in [9.17, 15) is 13.8 Å². The maximum absolute atomic E-state index is 13.2. The smallest absolute Gasteiger partial charge is 0.236 e. The van der Waals surface area contributed by atoms with Crippen LogP contribution in [0.4, 0.5) is 4.39 Å². The molecule has 1 aromatic rings. The van der Waals surface area contributed by atoms with E-state index < -0.39 is 13.0 Å². The molecule has 1 heterocycles. The van der Waals surface area contributed by atoms with Gasteiger partial charge >= 0.3 is 0 Å². The van der Waals surface area contributed by atoms with E-state index in [-0.39, 0.29) is 23.7 Å². The van der Waals surface area contributed by atoms with E-state index in [2.05, 4.69) is 0 Å². The van der Waals surface area contributed by atoms with Crippen molar-refractivity contribution in [1.29, 1.82) is 0 Å². The van der Waals surface area contributed by atoms with Gasteiger partial charge in [0.05, 0.1) is 6.61 Å². The number of carbonyl (C=O) groups excluding carboxylic acids is 1. The van der Waals surface area contributed by atoms with E-state index in [1.807, 2.05) is 20.8 Å². The molecule has 1 amide bonds. The Bertz CT molecular complexity index is 619. The number of hydrogen-bond acceptors (Lipinski definition) is 3. The van der Waals surface area contributed by atoms with Gasteiger partial charge in [0, 0.05) is 18.7 Å². The zero-order valence-electron chi connectivity index (χ0n) is 14.9. The summed E-state index contributed by atoms with van der Waals surface area (Å²) in [7, 11) is -3.02. The van der Waals surface area contributed by atoms with Gasteiger partial charge in [-0.1, -0.05) is 26.0 Å². The van der Waals surface area contributed by atoms with Crippen LogP contribution in [0.5, 0.6) is 0 Å². The van der Waals surface area contributed by atoms with E-state index in [4.69, 9.17) is 4.52 Å². The minimum atomic E-state index is -3.02. The van der Waals surface area contributed by atoms with E-state index in [0.717, 1.165) is 12.0 Å². The van der Waals surface area contributed by atoms with Gasteiger partial charge in [0.1, 0.15) is 11.5 Å². The molecule has 4 nitrogen and oxygen atoms in total. The molecule has 0 aliphatic carbocycles. The lowest BCUT2D eigenvalue weighted by Gasteiger charge is -2.43. The lowest BCUT2D eigenvalue weighted by molar-refractivity contribution is -0.138. The standard InChI is InChI=1S/C18H27FNO3P/c1-5-23-24(22,6-2)17-13(3)11-14(4)20(18(17)21)12-15-7-9-16(19)10-8-15/h7-10,13-14,17H,5-6,11-12H2,1-4H3.